The molecular weight excluding hydrogens is 281 g/mol. The molecule has 1 saturated heterocycles. The average molecular weight is 308 g/mol. The van der Waals surface area contributed by atoms with Gasteiger partial charge in [0, 0.05) is 44.1 Å². The van der Waals surface area contributed by atoms with Crippen molar-refractivity contribution in [1.82, 2.24) is 15.2 Å². The molecule has 1 aromatic heterocycles. The first-order valence-electron chi connectivity index (χ1n) is 7.00. The van der Waals surface area contributed by atoms with Crippen molar-refractivity contribution in [3.8, 4) is 0 Å². The lowest BCUT2D eigenvalue weighted by Crippen LogP contribution is -2.45. The summed E-state index contributed by atoms with van der Waals surface area (Å²) in [6.45, 7) is 6.88. The summed E-state index contributed by atoms with van der Waals surface area (Å²) in [5.41, 5.74) is 1.39. The van der Waals surface area contributed by atoms with Gasteiger partial charge in [0.25, 0.3) is 0 Å². The molecular formula is C14H27Cl2N3. The summed E-state index contributed by atoms with van der Waals surface area (Å²) in [6.07, 6.45) is 7.32. The van der Waals surface area contributed by atoms with Gasteiger partial charge in [-0.05, 0) is 18.6 Å². The van der Waals surface area contributed by atoms with Gasteiger partial charge < -0.3 is 10.3 Å². The normalized spacial score (nSPS) is 17.3. The minimum absolute atomic E-state index is 0. The SMILES string of the molecule is CCCCC[C@@H](c1ccc[nH]1)N1CCNCC1.Cl.Cl. The Labute approximate surface area is 129 Å². The molecule has 2 heterocycles. The molecule has 112 valence electrons. The number of hydrogen-bond acceptors (Lipinski definition) is 2. The molecule has 1 aromatic rings. The fourth-order valence-corrected chi connectivity index (χ4v) is 2.67. The molecule has 1 aliphatic heterocycles. The largest absolute Gasteiger partial charge is 0.364 e. The molecule has 0 unspecified atom stereocenters. The predicted molar refractivity (Wildman–Crippen MR) is 86.6 cm³/mol. The van der Waals surface area contributed by atoms with Gasteiger partial charge in [-0.2, -0.15) is 0 Å². The van der Waals surface area contributed by atoms with Crippen LogP contribution in [0.25, 0.3) is 0 Å². The number of piperazine rings is 1. The number of halogens is 2. The molecule has 2 N–H and O–H groups in total. The van der Waals surface area contributed by atoms with Gasteiger partial charge in [0.1, 0.15) is 0 Å². The fraction of sp³-hybridized carbons (Fsp3) is 0.714. The van der Waals surface area contributed by atoms with Gasteiger partial charge in [-0.1, -0.05) is 26.2 Å². The first-order valence-corrected chi connectivity index (χ1v) is 7.00. The van der Waals surface area contributed by atoms with E-state index in [0.29, 0.717) is 6.04 Å². The van der Waals surface area contributed by atoms with Crippen LogP contribution in [0.5, 0.6) is 0 Å². The third-order valence-corrected chi connectivity index (χ3v) is 3.65. The molecule has 1 fully saturated rings. The molecule has 5 heteroatoms. The highest BCUT2D eigenvalue weighted by molar-refractivity contribution is 5.85. The van der Waals surface area contributed by atoms with Gasteiger partial charge in [0.15, 0.2) is 0 Å². The van der Waals surface area contributed by atoms with E-state index in [-0.39, 0.29) is 24.8 Å². The lowest BCUT2D eigenvalue weighted by Gasteiger charge is -2.34. The number of aromatic amines is 1. The van der Waals surface area contributed by atoms with Crippen LogP contribution in [0.15, 0.2) is 18.3 Å². The molecule has 0 bridgehead atoms. The van der Waals surface area contributed by atoms with Crippen LogP contribution in [0, 0.1) is 0 Å². The van der Waals surface area contributed by atoms with Crippen LogP contribution in [0.2, 0.25) is 0 Å². The van der Waals surface area contributed by atoms with E-state index in [1.807, 2.05) is 6.20 Å². The minimum Gasteiger partial charge on any atom is -0.364 e. The molecule has 3 nitrogen and oxygen atoms in total. The molecule has 1 atom stereocenters. The third kappa shape index (κ3) is 5.74. The van der Waals surface area contributed by atoms with Crippen molar-refractivity contribution >= 4 is 24.8 Å². The van der Waals surface area contributed by atoms with E-state index in [1.54, 1.807) is 0 Å². The van der Waals surface area contributed by atoms with Crippen molar-refractivity contribution in [2.24, 2.45) is 0 Å². The zero-order valence-corrected chi connectivity index (χ0v) is 13.4. The van der Waals surface area contributed by atoms with Crippen molar-refractivity contribution in [1.29, 1.82) is 0 Å². The Bertz CT molecular complexity index is 298. The fourth-order valence-electron chi connectivity index (χ4n) is 2.67. The van der Waals surface area contributed by atoms with Crippen molar-refractivity contribution < 1.29 is 0 Å². The van der Waals surface area contributed by atoms with Crippen LogP contribution in [0.4, 0.5) is 0 Å². The number of aromatic nitrogens is 1. The Morgan fingerprint density at radius 2 is 1.95 bits per heavy atom. The highest BCUT2D eigenvalue weighted by atomic mass is 35.5. The molecule has 0 radical (unpaired) electrons. The second-order valence-electron chi connectivity index (χ2n) is 4.92. The molecule has 0 aromatic carbocycles. The minimum atomic E-state index is 0. The average Bonchev–Trinajstić information content (AvgIpc) is 2.89. The number of hydrogen-bond donors (Lipinski definition) is 2. The number of nitrogens with zero attached hydrogens (tertiary/aromatic N) is 1. The highest BCUT2D eigenvalue weighted by Crippen LogP contribution is 2.25. The van der Waals surface area contributed by atoms with E-state index >= 15 is 0 Å². The predicted octanol–water partition coefficient (Wildman–Crippen LogP) is 3.38. The number of unbranched alkanes of at least 4 members (excludes halogenated alkanes) is 2. The van der Waals surface area contributed by atoms with Crippen molar-refractivity contribution in [2.45, 2.75) is 38.6 Å². The van der Waals surface area contributed by atoms with E-state index in [9.17, 15) is 0 Å². The number of rotatable bonds is 6. The summed E-state index contributed by atoms with van der Waals surface area (Å²) in [5, 5.41) is 3.43. The molecule has 2 rings (SSSR count). The van der Waals surface area contributed by atoms with E-state index in [1.165, 1.54) is 44.5 Å². The quantitative estimate of drug-likeness (QED) is 0.789. The van der Waals surface area contributed by atoms with Gasteiger partial charge in [0.05, 0.1) is 0 Å². The zero-order chi connectivity index (χ0) is 11.9. The van der Waals surface area contributed by atoms with E-state index in [4.69, 9.17) is 0 Å². The maximum Gasteiger partial charge on any atom is 0.0499 e. The van der Waals surface area contributed by atoms with Crippen LogP contribution in [0.1, 0.15) is 44.3 Å². The second-order valence-corrected chi connectivity index (χ2v) is 4.92. The van der Waals surface area contributed by atoms with Crippen molar-refractivity contribution in [3.63, 3.8) is 0 Å². The topological polar surface area (TPSA) is 31.1 Å². The smallest absolute Gasteiger partial charge is 0.0499 e. The Balaban J connectivity index is 0.00000162. The first-order chi connectivity index (χ1) is 8.42. The third-order valence-electron chi connectivity index (χ3n) is 3.65. The lowest BCUT2D eigenvalue weighted by molar-refractivity contribution is 0.160. The van der Waals surface area contributed by atoms with Gasteiger partial charge in [-0.3, -0.25) is 4.90 Å². The second kappa shape index (κ2) is 10.6. The van der Waals surface area contributed by atoms with Gasteiger partial charge in [-0.15, -0.1) is 24.8 Å². The standard InChI is InChI=1S/C14H25N3.2ClH/c1-2-3-4-7-14(13-6-5-8-16-13)17-11-9-15-10-12-17;;/h5-6,8,14-16H,2-4,7,9-12H2,1H3;2*1H/t14-;;/m0../s1. The zero-order valence-electron chi connectivity index (χ0n) is 11.7. The molecule has 0 aliphatic carbocycles. The van der Waals surface area contributed by atoms with E-state index in [0.717, 1.165) is 13.1 Å². The summed E-state index contributed by atoms with van der Waals surface area (Å²) in [7, 11) is 0. The highest BCUT2D eigenvalue weighted by Gasteiger charge is 2.21. The molecule has 0 saturated carbocycles. The molecule has 0 spiro atoms. The number of nitrogens with one attached hydrogen (secondary N) is 2. The van der Waals surface area contributed by atoms with E-state index < -0.39 is 0 Å². The van der Waals surface area contributed by atoms with E-state index in [2.05, 4.69) is 34.3 Å². The molecule has 19 heavy (non-hydrogen) atoms. The monoisotopic (exact) mass is 307 g/mol. The summed E-state index contributed by atoms with van der Waals surface area (Å²) in [4.78, 5) is 6.02. The van der Waals surface area contributed by atoms with Crippen molar-refractivity contribution in [2.75, 3.05) is 26.2 Å². The van der Waals surface area contributed by atoms with Crippen LogP contribution in [-0.2, 0) is 0 Å². The summed E-state index contributed by atoms with van der Waals surface area (Å²) in [6, 6.07) is 4.95. The van der Waals surface area contributed by atoms with Gasteiger partial charge in [-0.25, -0.2) is 0 Å². The van der Waals surface area contributed by atoms with Crippen molar-refractivity contribution in [3.05, 3.63) is 24.0 Å². The maximum absolute atomic E-state index is 3.43. The summed E-state index contributed by atoms with van der Waals surface area (Å²) in [5.74, 6) is 0. The van der Waals surface area contributed by atoms with Crippen LogP contribution < -0.4 is 5.32 Å². The van der Waals surface area contributed by atoms with Crippen LogP contribution in [-0.4, -0.2) is 36.1 Å². The number of H-pyrrole nitrogens is 1. The lowest BCUT2D eigenvalue weighted by atomic mass is 10.0. The van der Waals surface area contributed by atoms with Gasteiger partial charge in [0.2, 0.25) is 0 Å². The Kier molecular flexibility index (Phi) is 10.4. The van der Waals surface area contributed by atoms with Gasteiger partial charge >= 0.3 is 0 Å². The molecule has 0 amide bonds. The Morgan fingerprint density at radius 3 is 2.53 bits per heavy atom. The first kappa shape index (κ1) is 18.8. The van der Waals surface area contributed by atoms with Crippen LogP contribution in [0.3, 0.4) is 0 Å². The molecule has 1 aliphatic rings. The Morgan fingerprint density at radius 1 is 1.21 bits per heavy atom. The maximum atomic E-state index is 3.43. The summed E-state index contributed by atoms with van der Waals surface area (Å²) < 4.78 is 0. The Hall–Kier alpha value is -0.220. The summed E-state index contributed by atoms with van der Waals surface area (Å²) >= 11 is 0. The van der Waals surface area contributed by atoms with Crippen LogP contribution >= 0.6 is 24.8 Å².